The smallest absolute Gasteiger partial charge is 0.0233 e. The Labute approximate surface area is 93.1 Å². The van der Waals surface area contributed by atoms with Crippen LogP contribution in [0.5, 0.6) is 0 Å². The summed E-state index contributed by atoms with van der Waals surface area (Å²) in [5.41, 5.74) is 2.81. The summed E-state index contributed by atoms with van der Waals surface area (Å²) in [6.45, 7) is 8.19. The van der Waals surface area contributed by atoms with E-state index in [4.69, 9.17) is 0 Å². The monoisotopic (exact) mass is 203 g/mol. The number of benzene rings is 1. The van der Waals surface area contributed by atoms with E-state index >= 15 is 0 Å². The number of hydrogen-bond acceptors (Lipinski definition) is 1. The quantitative estimate of drug-likeness (QED) is 0.713. The number of likely N-dealkylation sites (tertiary alicyclic amines) is 1. The van der Waals surface area contributed by atoms with Crippen LogP contribution >= 0.6 is 0 Å². The Hall–Kier alpha value is -0.820. The molecule has 2 rings (SSSR count). The second-order valence-electron chi connectivity index (χ2n) is 4.94. The van der Waals surface area contributed by atoms with Crippen molar-refractivity contribution in [3.05, 3.63) is 35.4 Å². The fourth-order valence-electron chi connectivity index (χ4n) is 2.17. The predicted molar refractivity (Wildman–Crippen MR) is 64.9 cm³/mol. The van der Waals surface area contributed by atoms with Crippen molar-refractivity contribution < 1.29 is 0 Å². The second-order valence-corrected chi connectivity index (χ2v) is 4.94. The molecule has 0 aromatic heterocycles. The highest BCUT2D eigenvalue weighted by Crippen LogP contribution is 2.18. The van der Waals surface area contributed by atoms with Crippen LogP contribution in [0.1, 0.15) is 30.9 Å². The van der Waals surface area contributed by atoms with Crippen LogP contribution in [0.2, 0.25) is 0 Å². The van der Waals surface area contributed by atoms with Crippen LogP contribution < -0.4 is 0 Å². The van der Waals surface area contributed by atoms with E-state index in [0.717, 1.165) is 12.5 Å². The molecule has 1 heterocycles. The van der Waals surface area contributed by atoms with Crippen LogP contribution in [-0.2, 0) is 6.54 Å². The third kappa shape index (κ3) is 3.07. The molecule has 1 aliphatic heterocycles. The lowest BCUT2D eigenvalue weighted by atomic mass is 9.99. The fraction of sp³-hybridized carbons (Fsp3) is 0.571. The highest BCUT2D eigenvalue weighted by molar-refractivity contribution is 5.21. The first-order valence-corrected chi connectivity index (χ1v) is 6.02. The number of rotatable bonds is 2. The maximum atomic E-state index is 2.57. The molecule has 1 saturated heterocycles. The van der Waals surface area contributed by atoms with Crippen LogP contribution in [0.25, 0.3) is 0 Å². The van der Waals surface area contributed by atoms with Gasteiger partial charge in [-0.25, -0.2) is 0 Å². The second kappa shape index (κ2) is 4.80. The summed E-state index contributed by atoms with van der Waals surface area (Å²) in [5.74, 6) is 0.930. The molecule has 1 aromatic carbocycles. The molecule has 1 heteroatoms. The molecule has 1 aliphatic rings. The molecule has 82 valence electrons. The van der Waals surface area contributed by atoms with E-state index in [-0.39, 0.29) is 0 Å². The lowest BCUT2D eigenvalue weighted by molar-refractivity contribution is 0.185. The number of nitrogens with zero attached hydrogens (tertiary/aromatic N) is 1. The average molecular weight is 203 g/mol. The van der Waals surface area contributed by atoms with Crippen molar-refractivity contribution in [2.24, 2.45) is 5.92 Å². The maximum Gasteiger partial charge on any atom is 0.0233 e. The molecule has 0 amide bonds. The van der Waals surface area contributed by atoms with Crippen LogP contribution in [0.4, 0.5) is 0 Å². The van der Waals surface area contributed by atoms with Crippen molar-refractivity contribution in [1.29, 1.82) is 0 Å². The molecular weight excluding hydrogens is 182 g/mol. The van der Waals surface area contributed by atoms with E-state index in [0.29, 0.717) is 0 Å². The van der Waals surface area contributed by atoms with Gasteiger partial charge in [-0.3, -0.25) is 4.90 Å². The van der Waals surface area contributed by atoms with Crippen LogP contribution in [-0.4, -0.2) is 18.0 Å². The minimum atomic E-state index is 0.930. The molecule has 0 bridgehead atoms. The molecule has 0 N–H and O–H groups in total. The number of hydrogen-bond donors (Lipinski definition) is 0. The summed E-state index contributed by atoms with van der Waals surface area (Å²) in [4.78, 5) is 2.57. The molecule has 0 radical (unpaired) electrons. The minimum Gasteiger partial charge on any atom is -0.299 e. The molecule has 0 spiro atoms. The maximum absolute atomic E-state index is 2.57. The van der Waals surface area contributed by atoms with E-state index in [9.17, 15) is 0 Å². The Bertz CT molecular complexity index is 294. The summed E-state index contributed by atoms with van der Waals surface area (Å²) in [6, 6.07) is 8.94. The zero-order chi connectivity index (χ0) is 10.7. The topological polar surface area (TPSA) is 3.24 Å². The fourth-order valence-corrected chi connectivity index (χ4v) is 2.17. The largest absolute Gasteiger partial charge is 0.299 e. The van der Waals surface area contributed by atoms with Gasteiger partial charge in [-0.2, -0.15) is 0 Å². The zero-order valence-electron chi connectivity index (χ0n) is 9.87. The Morgan fingerprint density at radius 3 is 2.33 bits per heavy atom. The van der Waals surface area contributed by atoms with Crippen molar-refractivity contribution >= 4 is 0 Å². The Kier molecular flexibility index (Phi) is 3.42. The van der Waals surface area contributed by atoms with Crippen LogP contribution in [0.15, 0.2) is 24.3 Å². The molecule has 1 aromatic rings. The first-order valence-electron chi connectivity index (χ1n) is 6.02. The van der Waals surface area contributed by atoms with E-state index in [1.165, 1.54) is 37.1 Å². The van der Waals surface area contributed by atoms with E-state index in [1.807, 2.05) is 0 Å². The van der Waals surface area contributed by atoms with Crippen molar-refractivity contribution in [1.82, 2.24) is 4.90 Å². The Balaban J connectivity index is 1.89. The van der Waals surface area contributed by atoms with Crippen LogP contribution in [0, 0.1) is 12.8 Å². The summed E-state index contributed by atoms with van der Waals surface area (Å²) >= 11 is 0. The lowest BCUT2D eigenvalue weighted by Gasteiger charge is -2.30. The van der Waals surface area contributed by atoms with Gasteiger partial charge in [0.05, 0.1) is 0 Å². The first-order chi connectivity index (χ1) is 7.24. The van der Waals surface area contributed by atoms with Crippen molar-refractivity contribution in [2.45, 2.75) is 33.2 Å². The molecule has 0 aliphatic carbocycles. The average Bonchev–Trinajstić information content (AvgIpc) is 2.25. The van der Waals surface area contributed by atoms with E-state index in [2.05, 4.69) is 43.0 Å². The normalized spacial score (nSPS) is 19.3. The molecule has 0 saturated carbocycles. The van der Waals surface area contributed by atoms with Gasteiger partial charge in [-0.1, -0.05) is 36.8 Å². The van der Waals surface area contributed by atoms with Crippen LogP contribution in [0.3, 0.4) is 0 Å². The lowest BCUT2D eigenvalue weighted by Crippen LogP contribution is -2.32. The standard InChI is InChI=1S/C14H21N/c1-12-3-5-14(6-4-12)11-15-9-7-13(2)8-10-15/h3-6,13H,7-11H2,1-2H3. The minimum absolute atomic E-state index is 0.930. The van der Waals surface area contributed by atoms with Gasteiger partial charge in [0.1, 0.15) is 0 Å². The third-order valence-electron chi connectivity index (χ3n) is 3.40. The van der Waals surface area contributed by atoms with Gasteiger partial charge in [0.15, 0.2) is 0 Å². The van der Waals surface area contributed by atoms with Gasteiger partial charge in [-0.05, 0) is 44.3 Å². The van der Waals surface area contributed by atoms with Gasteiger partial charge < -0.3 is 0 Å². The molecule has 1 fully saturated rings. The summed E-state index contributed by atoms with van der Waals surface area (Å²) < 4.78 is 0. The Morgan fingerprint density at radius 1 is 1.13 bits per heavy atom. The number of aryl methyl sites for hydroxylation is 1. The molecule has 1 nitrogen and oxygen atoms in total. The summed E-state index contributed by atoms with van der Waals surface area (Å²) in [6.07, 6.45) is 2.73. The summed E-state index contributed by atoms with van der Waals surface area (Å²) in [7, 11) is 0. The van der Waals surface area contributed by atoms with Gasteiger partial charge in [0.2, 0.25) is 0 Å². The highest BCUT2D eigenvalue weighted by Gasteiger charge is 2.15. The Morgan fingerprint density at radius 2 is 1.73 bits per heavy atom. The van der Waals surface area contributed by atoms with Gasteiger partial charge >= 0.3 is 0 Å². The third-order valence-corrected chi connectivity index (χ3v) is 3.40. The molecule has 15 heavy (non-hydrogen) atoms. The van der Waals surface area contributed by atoms with Gasteiger partial charge in [0.25, 0.3) is 0 Å². The van der Waals surface area contributed by atoms with E-state index in [1.54, 1.807) is 0 Å². The van der Waals surface area contributed by atoms with Crippen molar-refractivity contribution in [3.63, 3.8) is 0 Å². The van der Waals surface area contributed by atoms with Gasteiger partial charge in [0, 0.05) is 6.54 Å². The molecule has 0 unspecified atom stereocenters. The first kappa shape index (κ1) is 10.7. The molecular formula is C14H21N. The summed E-state index contributed by atoms with van der Waals surface area (Å²) in [5, 5.41) is 0. The highest BCUT2D eigenvalue weighted by atomic mass is 15.1. The van der Waals surface area contributed by atoms with Crippen molar-refractivity contribution in [3.8, 4) is 0 Å². The number of piperidine rings is 1. The van der Waals surface area contributed by atoms with E-state index < -0.39 is 0 Å². The zero-order valence-corrected chi connectivity index (χ0v) is 9.87. The SMILES string of the molecule is Cc1ccc(CN2CCC(C)CC2)cc1. The molecule has 0 atom stereocenters. The van der Waals surface area contributed by atoms with Gasteiger partial charge in [-0.15, -0.1) is 0 Å². The predicted octanol–water partition coefficient (Wildman–Crippen LogP) is 3.23. The van der Waals surface area contributed by atoms with Crippen molar-refractivity contribution in [2.75, 3.05) is 13.1 Å².